The molecule has 2 aromatic heterocycles. The molecule has 278 valence electrons. The Balaban J connectivity index is 1.01. The average Bonchev–Trinajstić information content (AvgIpc) is 3.66. The van der Waals surface area contributed by atoms with Crippen LogP contribution in [0.4, 0.5) is 0 Å². The van der Waals surface area contributed by atoms with Crippen LogP contribution < -0.4 is 0 Å². The lowest BCUT2D eigenvalue weighted by atomic mass is 9.82. The van der Waals surface area contributed by atoms with E-state index in [2.05, 4.69) is 187 Å². The Labute approximate surface area is 348 Å². The molecule has 0 atom stereocenters. The molecule has 0 aliphatic heterocycles. The number of aromatic nitrogens is 2. The van der Waals surface area contributed by atoms with Gasteiger partial charge in [0.25, 0.3) is 0 Å². The molecule has 2 nitrogen and oxygen atoms in total. The fourth-order valence-electron chi connectivity index (χ4n) is 9.70. The first kappa shape index (κ1) is 34.1. The summed E-state index contributed by atoms with van der Waals surface area (Å²) in [5.41, 5.74) is 19.1. The zero-order chi connectivity index (χ0) is 39.6. The molecule has 0 fully saturated rings. The number of nitrogens with zero attached hydrogens (tertiary/aromatic N) is 2. The van der Waals surface area contributed by atoms with E-state index in [1.54, 1.807) is 6.20 Å². The molecule has 1 aliphatic carbocycles. The van der Waals surface area contributed by atoms with Crippen molar-refractivity contribution in [1.82, 2.24) is 9.97 Å². The molecule has 0 amide bonds. The van der Waals surface area contributed by atoms with Gasteiger partial charge in [0.1, 0.15) is 0 Å². The minimum absolute atomic E-state index is 0.870. The van der Waals surface area contributed by atoms with Crippen LogP contribution in [0, 0.1) is 0 Å². The average molecular weight is 761 g/mol. The van der Waals surface area contributed by atoms with Crippen LogP contribution in [-0.4, -0.2) is 9.97 Å². The summed E-state index contributed by atoms with van der Waals surface area (Å²) in [6.07, 6.45) is 3.74. The van der Waals surface area contributed by atoms with Crippen molar-refractivity contribution in [1.29, 1.82) is 0 Å². The number of benzene rings is 9. The highest BCUT2D eigenvalue weighted by Gasteiger charge is 2.31. The fraction of sp³-hybridized carbons (Fsp3) is 0. The second-order valence-electron chi connectivity index (χ2n) is 15.6. The minimum atomic E-state index is 0.870. The number of fused-ring (bicyclic) bond motifs is 5. The van der Waals surface area contributed by atoms with Crippen LogP contribution >= 0.6 is 0 Å². The van der Waals surface area contributed by atoms with E-state index in [0.717, 1.165) is 22.5 Å². The van der Waals surface area contributed by atoms with Crippen LogP contribution in [0.15, 0.2) is 219 Å². The summed E-state index contributed by atoms with van der Waals surface area (Å²) in [7, 11) is 0. The molecule has 2 heterocycles. The monoisotopic (exact) mass is 760 g/mol. The van der Waals surface area contributed by atoms with Crippen molar-refractivity contribution in [3.8, 4) is 89.3 Å². The first-order valence-electron chi connectivity index (χ1n) is 20.6. The summed E-state index contributed by atoms with van der Waals surface area (Å²) >= 11 is 0. The highest BCUT2D eigenvalue weighted by atomic mass is 14.8. The molecule has 60 heavy (non-hydrogen) atoms. The van der Waals surface area contributed by atoms with Crippen molar-refractivity contribution in [2.24, 2.45) is 0 Å². The Bertz CT molecular complexity index is 3340. The van der Waals surface area contributed by atoms with E-state index in [9.17, 15) is 0 Å². The molecule has 1 aliphatic rings. The number of rotatable bonds is 6. The van der Waals surface area contributed by atoms with Crippen molar-refractivity contribution >= 4 is 32.3 Å². The standard InChI is InChI=1S/C58H36N2/c1-3-14-39(15-4-1)54-48-20-9-10-21-49(48)55(40-16-5-2-6-17-40)58-51-33-32-46(47-22-13-23-50(56(47)51)57(54)58)45-31-30-42(43-18-7-8-19-44(43)45)38-27-25-37(26-28-38)41-29-34-53(60-36-41)52-24-11-12-35-59-52/h1-36H. The van der Waals surface area contributed by atoms with Gasteiger partial charge in [-0.2, -0.15) is 0 Å². The van der Waals surface area contributed by atoms with Gasteiger partial charge in [-0.3, -0.25) is 9.97 Å². The Hall–Kier alpha value is -7.94. The normalized spacial score (nSPS) is 11.7. The Morgan fingerprint density at radius 2 is 0.717 bits per heavy atom. The second kappa shape index (κ2) is 13.9. The van der Waals surface area contributed by atoms with Crippen molar-refractivity contribution < 1.29 is 0 Å². The predicted molar refractivity (Wildman–Crippen MR) is 252 cm³/mol. The summed E-state index contributed by atoms with van der Waals surface area (Å²) in [4.78, 5) is 9.17. The van der Waals surface area contributed by atoms with E-state index in [4.69, 9.17) is 4.98 Å². The molecule has 0 saturated carbocycles. The Morgan fingerprint density at radius 1 is 0.233 bits per heavy atom. The van der Waals surface area contributed by atoms with E-state index in [-0.39, 0.29) is 0 Å². The third-order valence-corrected chi connectivity index (χ3v) is 12.4. The highest BCUT2D eigenvalue weighted by molar-refractivity contribution is 6.29. The molecule has 9 aromatic carbocycles. The Kier molecular flexibility index (Phi) is 7.89. The third kappa shape index (κ3) is 5.35. The van der Waals surface area contributed by atoms with Gasteiger partial charge in [0, 0.05) is 18.0 Å². The number of hydrogen-bond acceptors (Lipinski definition) is 2. The van der Waals surface area contributed by atoms with Gasteiger partial charge in [0.05, 0.1) is 11.4 Å². The molecule has 12 rings (SSSR count). The number of hydrogen-bond donors (Lipinski definition) is 0. The third-order valence-electron chi connectivity index (χ3n) is 12.4. The van der Waals surface area contributed by atoms with Crippen LogP contribution in [0.25, 0.3) is 122 Å². The van der Waals surface area contributed by atoms with Crippen LogP contribution in [0.3, 0.4) is 0 Å². The van der Waals surface area contributed by atoms with Crippen LogP contribution in [0.1, 0.15) is 0 Å². The van der Waals surface area contributed by atoms with Gasteiger partial charge >= 0.3 is 0 Å². The lowest BCUT2D eigenvalue weighted by Crippen LogP contribution is -1.93. The van der Waals surface area contributed by atoms with Gasteiger partial charge in [-0.1, -0.05) is 188 Å². The van der Waals surface area contributed by atoms with E-state index in [1.165, 1.54) is 99.1 Å². The lowest BCUT2D eigenvalue weighted by Gasteiger charge is -2.20. The molecular formula is C58H36N2. The molecule has 0 spiro atoms. The van der Waals surface area contributed by atoms with Gasteiger partial charge < -0.3 is 0 Å². The summed E-state index contributed by atoms with van der Waals surface area (Å²) in [6, 6.07) is 75.0. The molecule has 0 saturated heterocycles. The fourth-order valence-corrected chi connectivity index (χ4v) is 9.70. The summed E-state index contributed by atoms with van der Waals surface area (Å²) in [6.45, 7) is 0. The Morgan fingerprint density at radius 3 is 1.33 bits per heavy atom. The molecule has 0 radical (unpaired) electrons. The topological polar surface area (TPSA) is 25.8 Å². The van der Waals surface area contributed by atoms with Crippen molar-refractivity contribution in [2.45, 2.75) is 0 Å². The van der Waals surface area contributed by atoms with Crippen molar-refractivity contribution in [3.05, 3.63) is 219 Å². The molecule has 0 bridgehead atoms. The van der Waals surface area contributed by atoms with Gasteiger partial charge in [-0.05, 0) is 123 Å². The lowest BCUT2D eigenvalue weighted by molar-refractivity contribution is 1.25. The second-order valence-corrected chi connectivity index (χ2v) is 15.6. The van der Waals surface area contributed by atoms with Crippen LogP contribution in [0.2, 0.25) is 0 Å². The van der Waals surface area contributed by atoms with Crippen molar-refractivity contribution in [3.63, 3.8) is 0 Å². The maximum atomic E-state index is 4.72. The zero-order valence-electron chi connectivity index (χ0n) is 32.7. The van der Waals surface area contributed by atoms with E-state index >= 15 is 0 Å². The number of pyridine rings is 2. The van der Waals surface area contributed by atoms with E-state index in [1.807, 2.05) is 30.5 Å². The molecule has 0 N–H and O–H groups in total. The first-order chi connectivity index (χ1) is 29.8. The van der Waals surface area contributed by atoms with Gasteiger partial charge in [0.15, 0.2) is 0 Å². The van der Waals surface area contributed by atoms with Gasteiger partial charge in [-0.15, -0.1) is 0 Å². The molecule has 2 heteroatoms. The summed E-state index contributed by atoms with van der Waals surface area (Å²) < 4.78 is 0. The van der Waals surface area contributed by atoms with Crippen LogP contribution in [-0.2, 0) is 0 Å². The highest BCUT2D eigenvalue weighted by Crippen LogP contribution is 2.58. The SMILES string of the molecule is c1ccc(-c2c3c(c(-c4ccccc4)c4ccccc24)-c2ccc(-c4ccc(-c5ccc(-c6ccc(-c7ccccn7)nc6)cc5)c5ccccc45)c4cccc-3c24)cc1. The molecule has 0 unspecified atom stereocenters. The smallest absolute Gasteiger partial charge is 0.0886 e. The van der Waals surface area contributed by atoms with Gasteiger partial charge in [0.2, 0.25) is 0 Å². The summed E-state index contributed by atoms with van der Waals surface area (Å²) in [5, 5.41) is 7.62. The maximum absolute atomic E-state index is 4.72. The van der Waals surface area contributed by atoms with E-state index in [0.29, 0.717) is 0 Å². The van der Waals surface area contributed by atoms with Crippen LogP contribution in [0.5, 0.6) is 0 Å². The predicted octanol–water partition coefficient (Wildman–Crippen LogP) is 15.6. The maximum Gasteiger partial charge on any atom is 0.0886 e. The zero-order valence-corrected chi connectivity index (χ0v) is 32.7. The van der Waals surface area contributed by atoms with Gasteiger partial charge in [-0.25, -0.2) is 0 Å². The first-order valence-corrected chi connectivity index (χ1v) is 20.6. The summed E-state index contributed by atoms with van der Waals surface area (Å²) in [5.74, 6) is 0. The minimum Gasteiger partial charge on any atom is -0.255 e. The largest absolute Gasteiger partial charge is 0.255 e. The molecule has 11 aromatic rings. The van der Waals surface area contributed by atoms with E-state index < -0.39 is 0 Å². The quantitative estimate of drug-likeness (QED) is 0.169. The molecular weight excluding hydrogens is 725 g/mol. The van der Waals surface area contributed by atoms with Crippen molar-refractivity contribution in [2.75, 3.05) is 0 Å².